The highest BCUT2D eigenvalue weighted by Crippen LogP contribution is 2.12. The highest BCUT2D eigenvalue weighted by Gasteiger charge is 2.35. The summed E-state index contributed by atoms with van der Waals surface area (Å²) in [5, 5.41) is 19.4. The van der Waals surface area contributed by atoms with Gasteiger partial charge in [0.1, 0.15) is 22.8 Å². The van der Waals surface area contributed by atoms with Crippen molar-refractivity contribution < 1.29 is 43.3 Å². The third kappa shape index (κ3) is 20.1. The summed E-state index contributed by atoms with van der Waals surface area (Å²) in [4.78, 5) is 70.2. The molecule has 0 aliphatic carbocycles. The number of amides is 4. The molecule has 0 heterocycles. The van der Waals surface area contributed by atoms with E-state index in [1.807, 2.05) is 0 Å². The molecule has 45 heavy (non-hydrogen) atoms. The summed E-state index contributed by atoms with van der Waals surface area (Å²) in [6.45, 7) is 15.9. The zero-order valence-corrected chi connectivity index (χ0v) is 27.8. The quantitative estimate of drug-likeness (QED) is 0.0562. The Labute approximate surface area is 264 Å². The monoisotopic (exact) mass is 642 g/mol. The Kier molecular flexibility index (Phi) is 15.3. The fourth-order valence-electron chi connectivity index (χ4n) is 3.07. The first-order valence-corrected chi connectivity index (χ1v) is 14.1. The van der Waals surface area contributed by atoms with Crippen LogP contribution in [-0.4, -0.2) is 88.7 Å². The molecule has 0 spiro atoms. The van der Waals surface area contributed by atoms with Crippen molar-refractivity contribution in [1.82, 2.24) is 21.3 Å². The fraction of sp³-hybridized carbons (Fsp3) is 0.679. The lowest BCUT2D eigenvalue weighted by Crippen LogP contribution is -2.57. The van der Waals surface area contributed by atoms with E-state index in [-0.39, 0.29) is 37.9 Å². The summed E-state index contributed by atoms with van der Waals surface area (Å²) in [5.74, 6) is -2.71. The van der Waals surface area contributed by atoms with Crippen LogP contribution >= 0.6 is 0 Å². The Morgan fingerprint density at radius 3 is 1.67 bits per heavy atom. The maximum Gasteiger partial charge on any atom is 0.414 e. The number of ether oxygens (including phenoxy) is 3. The van der Waals surface area contributed by atoms with Crippen molar-refractivity contribution in [3.05, 3.63) is 12.2 Å². The molecule has 0 aliphatic rings. The number of nitrogens with two attached hydrogens (primary N) is 2. The van der Waals surface area contributed by atoms with Crippen LogP contribution in [0.1, 0.15) is 82.1 Å². The van der Waals surface area contributed by atoms with E-state index in [9.17, 15) is 29.1 Å². The van der Waals surface area contributed by atoms with E-state index in [0.29, 0.717) is 0 Å². The van der Waals surface area contributed by atoms with E-state index >= 15 is 0 Å². The number of carbonyl (C=O) groups is 5. The van der Waals surface area contributed by atoms with Crippen LogP contribution in [0.3, 0.4) is 0 Å². The summed E-state index contributed by atoms with van der Waals surface area (Å²) < 4.78 is 15.6. The lowest BCUT2D eigenvalue weighted by atomic mass is 10.00. The van der Waals surface area contributed by atoms with Crippen molar-refractivity contribution in [3.8, 4) is 0 Å². The number of hydrogen-bond acceptors (Lipinski definition) is 10. The van der Waals surface area contributed by atoms with Crippen molar-refractivity contribution in [1.29, 1.82) is 0 Å². The highest BCUT2D eigenvalue weighted by molar-refractivity contribution is 6.01. The number of nitrogens with one attached hydrogen (secondary N) is 4. The summed E-state index contributed by atoms with van der Waals surface area (Å²) in [6, 6.07) is -1.19. The number of carboxylic acids is 1. The molecular formula is C28H50N8O9. The number of aliphatic imine (C=N–C) groups is 2. The number of aliphatic carboxylic acids is 1. The van der Waals surface area contributed by atoms with Gasteiger partial charge in [0, 0.05) is 6.54 Å². The normalized spacial score (nSPS) is 13.7. The van der Waals surface area contributed by atoms with Crippen LogP contribution in [-0.2, 0) is 23.8 Å². The number of rotatable bonds is 11. The van der Waals surface area contributed by atoms with Crippen LogP contribution in [0.4, 0.5) is 14.4 Å². The third-order valence-corrected chi connectivity index (χ3v) is 4.82. The van der Waals surface area contributed by atoms with Crippen molar-refractivity contribution in [2.24, 2.45) is 21.5 Å². The van der Waals surface area contributed by atoms with Crippen molar-refractivity contribution in [2.45, 2.75) is 110 Å². The molecule has 2 atom stereocenters. The smallest absolute Gasteiger partial charge is 0.414 e. The molecule has 0 saturated carbocycles. The first kappa shape index (κ1) is 40.4. The average molecular weight is 643 g/mol. The number of nitrogens with zero attached hydrogens (tertiary/aromatic N) is 2. The minimum absolute atomic E-state index is 0.0571. The average Bonchev–Trinajstić information content (AvgIpc) is 2.79. The van der Waals surface area contributed by atoms with E-state index in [4.69, 9.17) is 25.7 Å². The second-order valence-electron chi connectivity index (χ2n) is 13.0. The van der Waals surface area contributed by atoms with Crippen LogP contribution in [0.25, 0.3) is 0 Å². The van der Waals surface area contributed by atoms with Gasteiger partial charge in [0.25, 0.3) is 0 Å². The number of guanidine groups is 2. The van der Waals surface area contributed by atoms with Crippen LogP contribution in [0.15, 0.2) is 22.1 Å². The molecule has 0 bridgehead atoms. The summed E-state index contributed by atoms with van der Waals surface area (Å²) in [5.41, 5.74) is 6.16. The van der Waals surface area contributed by atoms with Crippen LogP contribution in [0.2, 0.25) is 0 Å². The lowest BCUT2D eigenvalue weighted by molar-refractivity contribution is -0.145. The topological polar surface area (TPSA) is 258 Å². The predicted octanol–water partition coefficient (Wildman–Crippen LogP) is 1.85. The molecule has 17 heteroatoms. The Hall–Kier alpha value is -4.57. The Morgan fingerprint density at radius 2 is 1.24 bits per heavy atom. The van der Waals surface area contributed by atoms with Gasteiger partial charge in [0.15, 0.2) is 11.5 Å². The standard InChI is InChI=1S/C28H50N8O9/c1-25(2,3)43-22(40)33-17(13-11-15-31-20(29)30)18(37)36-28(10,19(38)39)14-12-16-32-21(34-23(41)44-26(4,5)6)35-24(42)45-27(7,8)9/h12,14,17H,11,13,15-16H2,1-10H3,(H,33,40)(H,36,37)(H,38,39)(H4,29,30,31)(H2,32,34,35,41,42)/b14-12+/t17-,28-/m0/s1. The van der Waals surface area contributed by atoms with Crippen LogP contribution in [0.5, 0.6) is 0 Å². The molecule has 0 aliphatic heterocycles. The van der Waals surface area contributed by atoms with Crippen molar-refractivity contribution >= 4 is 42.1 Å². The molecule has 0 rings (SSSR count). The molecule has 4 amide bonds. The first-order valence-electron chi connectivity index (χ1n) is 14.1. The molecule has 9 N–H and O–H groups in total. The molecule has 0 fully saturated rings. The van der Waals surface area contributed by atoms with Gasteiger partial charge in [-0.1, -0.05) is 12.2 Å². The van der Waals surface area contributed by atoms with Gasteiger partial charge in [-0.15, -0.1) is 0 Å². The van der Waals surface area contributed by atoms with E-state index < -0.39 is 58.5 Å². The minimum atomic E-state index is -1.96. The number of hydrogen-bond donors (Lipinski definition) is 7. The molecule has 256 valence electrons. The van der Waals surface area contributed by atoms with E-state index in [1.54, 1.807) is 62.3 Å². The van der Waals surface area contributed by atoms with Gasteiger partial charge >= 0.3 is 24.2 Å². The Bertz CT molecular complexity index is 1110. The van der Waals surface area contributed by atoms with Gasteiger partial charge in [-0.25, -0.2) is 24.2 Å². The second kappa shape index (κ2) is 17.1. The summed E-state index contributed by atoms with van der Waals surface area (Å²) in [7, 11) is 0. The van der Waals surface area contributed by atoms with Gasteiger partial charge < -0.3 is 41.4 Å². The highest BCUT2D eigenvalue weighted by atomic mass is 16.6. The number of carboxylic acid groups (broad SMARTS) is 1. The molecule has 17 nitrogen and oxygen atoms in total. The summed E-state index contributed by atoms with van der Waals surface area (Å²) in [6.07, 6.45) is 0.0734. The van der Waals surface area contributed by atoms with Crippen molar-refractivity contribution in [3.63, 3.8) is 0 Å². The molecule has 0 aromatic heterocycles. The van der Waals surface area contributed by atoms with Gasteiger partial charge in [0.2, 0.25) is 11.9 Å². The molecule has 0 unspecified atom stereocenters. The van der Waals surface area contributed by atoms with Crippen LogP contribution in [0, 0.1) is 0 Å². The maximum atomic E-state index is 13.2. The molecular weight excluding hydrogens is 592 g/mol. The molecule has 0 saturated heterocycles. The fourth-order valence-corrected chi connectivity index (χ4v) is 3.07. The number of alkyl carbamates (subject to hydrolysis) is 3. The molecule has 0 radical (unpaired) electrons. The summed E-state index contributed by atoms with van der Waals surface area (Å²) >= 11 is 0. The van der Waals surface area contributed by atoms with Gasteiger partial charge in [-0.05, 0) is 82.1 Å². The van der Waals surface area contributed by atoms with Crippen molar-refractivity contribution in [2.75, 3.05) is 13.1 Å². The zero-order chi connectivity index (χ0) is 35.2. The first-order chi connectivity index (χ1) is 20.3. The molecule has 0 aromatic rings. The maximum absolute atomic E-state index is 13.2. The van der Waals surface area contributed by atoms with E-state index in [0.717, 1.165) is 6.08 Å². The predicted molar refractivity (Wildman–Crippen MR) is 167 cm³/mol. The van der Waals surface area contributed by atoms with E-state index in [1.165, 1.54) is 13.0 Å². The largest absolute Gasteiger partial charge is 0.479 e. The lowest BCUT2D eigenvalue weighted by Gasteiger charge is -2.27. The minimum Gasteiger partial charge on any atom is -0.479 e. The van der Waals surface area contributed by atoms with Crippen LogP contribution < -0.4 is 32.7 Å². The zero-order valence-electron chi connectivity index (χ0n) is 27.8. The van der Waals surface area contributed by atoms with Gasteiger partial charge in [0.05, 0.1) is 6.54 Å². The third-order valence-electron chi connectivity index (χ3n) is 4.82. The Balaban J connectivity index is 5.93. The Morgan fingerprint density at radius 1 is 0.778 bits per heavy atom. The SMILES string of the molecule is CC(C)(C)OC(=O)NC(=NC/C=C/[C@](C)(NC(=O)[C@H](CCCN=C(N)N)NC(=O)OC(C)(C)C)C(=O)O)NC(=O)OC(C)(C)C. The van der Waals surface area contributed by atoms with Gasteiger partial charge in [-0.2, -0.15) is 0 Å². The number of carbonyl (C=O) groups excluding carboxylic acids is 4. The van der Waals surface area contributed by atoms with E-state index in [2.05, 4.69) is 31.3 Å². The van der Waals surface area contributed by atoms with Gasteiger partial charge in [-0.3, -0.25) is 20.4 Å². The molecule has 0 aromatic carbocycles. The second-order valence-corrected chi connectivity index (χ2v) is 13.0.